The van der Waals surface area contributed by atoms with Crippen molar-refractivity contribution in [1.29, 1.82) is 0 Å². The van der Waals surface area contributed by atoms with E-state index < -0.39 is 0 Å². The second kappa shape index (κ2) is 8.97. The molecular weight excluding hydrogens is 432 g/mol. The van der Waals surface area contributed by atoms with E-state index in [0.29, 0.717) is 27.7 Å². The number of ketones is 1. The Morgan fingerprint density at radius 1 is 0.788 bits per heavy atom. The molecule has 5 rings (SSSR count). The molecular formula is C29H21ClO3. The first-order valence-corrected chi connectivity index (χ1v) is 11.0. The van der Waals surface area contributed by atoms with E-state index in [0.717, 1.165) is 22.4 Å². The Hall–Kier alpha value is -3.82. The van der Waals surface area contributed by atoms with E-state index in [9.17, 15) is 4.79 Å². The molecule has 0 bridgehead atoms. The molecule has 0 aromatic heterocycles. The number of methoxy groups -OCH3 is 1. The lowest BCUT2D eigenvalue weighted by Gasteiger charge is -2.14. The molecule has 0 aliphatic heterocycles. The molecule has 0 saturated heterocycles. The molecule has 4 heteroatoms. The molecule has 0 spiro atoms. The highest BCUT2D eigenvalue weighted by Gasteiger charge is 2.38. The van der Waals surface area contributed by atoms with Gasteiger partial charge in [-0.2, -0.15) is 0 Å². The maximum Gasteiger partial charge on any atom is 0.194 e. The minimum Gasteiger partial charge on any atom is -0.497 e. The van der Waals surface area contributed by atoms with E-state index in [-0.39, 0.29) is 11.7 Å². The Bertz CT molecular complexity index is 1320. The van der Waals surface area contributed by atoms with Gasteiger partial charge in [0.15, 0.2) is 5.78 Å². The van der Waals surface area contributed by atoms with Gasteiger partial charge in [0.25, 0.3) is 0 Å². The van der Waals surface area contributed by atoms with Crippen LogP contribution in [0.3, 0.4) is 0 Å². The molecule has 0 N–H and O–H groups in total. The zero-order valence-corrected chi connectivity index (χ0v) is 18.8. The Morgan fingerprint density at radius 2 is 1.48 bits per heavy atom. The molecule has 0 fully saturated rings. The third kappa shape index (κ3) is 4.15. The summed E-state index contributed by atoms with van der Waals surface area (Å²) < 4.78 is 11.4. The van der Waals surface area contributed by atoms with Crippen LogP contribution in [0, 0.1) is 0 Å². The number of fused-ring (bicyclic) bond motifs is 1. The molecule has 1 aliphatic rings. The summed E-state index contributed by atoms with van der Waals surface area (Å²) in [5.74, 6) is 1.72. The second-order valence-corrected chi connectivity index (χ2v) is 8.26. The highest BCUT2D eigenvalue weighted by atomic mass is 35.5. The van der Waals surface area contributed by atoms with E-state index in [1.165, 1.54) is 0 Å². The summed E-state index contributed by atoms with van der Waals surface area (Å²) in [6.07, 6.45) is 1.95. The van der Waals surface area contributed by atoms with E-state index in [4.69, 9.17) is 21.1 Å². The number of benzene rings is 4. The maximum absolute atomic E-state index is 13.8. The van der Waals surface area contributed by atoms with Crippen molar-refractivity contribution >= 4 is 23.5 Å². The summed E-state index contributed by atoms with van der Waals surface area (Å²) >= 11 is 6.06. The summed E-state index contributed by atoms with van der Waals surface area (Å²) in [6, 6.07) is 30.7. The monoisotopic (exact) mass is 452 g/mol. The molecule has 1 unspecified atom stereocenters. The van der Waals surface area contributed by atoms with Gasteiger partial charge < -0.3 is 9.47 Å². The quantitative estimate of drug-likeness (QED) is 0.293. The van der Waals surface area contributed by atoms with Crippen LogP contribution >= 0.6 is 11.6 Å². The normalized spacial score (nSPS) is 16.0. The fourth-order valence-corrected chi connectivity index (χ4v) is 4.35. The molecule has 1 atom stereocenters. The molecule has 162 valence electrons. The van der Waals surface area contributed by atoms with E-state index >= 15 is 0 Å². The van der Waals surface area contributed by atoms with Crippen LogP contribution in [-0.4, -0.2) is 12.9 Å². The highest BCUT2D eigenvalue weighted by Crippen LogP contribution is 2.46. The van der Waals surface area contributed by atoms with Gasteiger partial charge in [-0.3, -0.25) is 4.79 Å². The van der Waals surface area contributed by atoms with Gasteiger partial charge >= 0.3 is 0 Å². The van der Waals surface area contributed by atoms with Crippen molar-refractivity contribution < 1.29 is 14.3 Å². The topological polar surface area (TPSA) is 35.5 Å². The molecule has 4 aromatic rings. The minimum absolute atomic E-state index is 0.0297. The summed E-state index contributed by atoms with van der Waals surface area (Å²) in [6.45, 7) is 0. The zero-order chi connectivity index (χ0) is 22.8. The van der Waals surface area contributed by atoms with Crippen LogP contribution in [0.2, 0.25) is 5.02 Å². The fourth-order valence-electron chi connectivity index (χ4n) is 4.22. The predicted octanol–water partition coefficient (Wildman–Crippen LogP) is 7.55. The number of hydrogen-bond acceptors (Lipinski definition) is 3. The molecule has 0 amide bonds. The summed E-state index contributed by atoms with van der Waals surface area (Å²) in [5, 5.41) is 0.660. The Balaban J connectivity index is 1.61. The Labute approximate surface area is 197 Å². The number of Topliss-reactive ketones (excluding diaryl/α,β-unsaturated/α-hetero) is 1. The molecule has 1 aliphatic carbocycles. The SMILES string of the molecule is COc1ccc(Oc2cccc3c2C(=O)/C(=C\c2ccc(Cl)cc2)C3c2ccccc2)cc1. The number of rotatable bonds is 5. The Morgan fingerprint density at radius 3 is 2.18 bits per heavy atom. The molecule has 33 heavy (non-hydrogen) atoms. The van der Waals surface area contributed by atoms with Crippen molar-refractivity contribution in [3.8, 4) is 17.2 Å². The lowest BCUT2D eigenvalue weighted by Crippen LogP contribution is -2.02. The van der Waals surface area contributed by atoms with Gasteiger partial charge in [0.1, 0.15) is 17.2 Å². The van der Waals surface area contributed by atoms with Crippen molar-refractivity contribution in [3.05, 3.63) is 130 Å². The first-order chi connectivity index (χ1) is 16.1. The lowest BCUT2D eigenvalue weighted by molar-refractivity contribution is 0.103. The van der Waals surface area contributed by atoms with Gasteiger partial charge in [-0.05, 0) is 65.2 Å². The third-order valence-corrected chi connectivity index (χ3v) is 6.03. The lowest BCUT2D eigenvalue weighted by atomic mass is 9.89. The summed E-state index contributed by atoms with van der Waals surface area (Å²) in [4.78, 5) is 13.8. The summed E-state index contributed by atoms with van der Waals surface area (Å²) in [5.41, 5.74) is 4.24. The van der Waals surface area contributed by atoms with Gasteiger partial charge in [0, 0.05) is 16.5 Å². The van der Waals surface area contributed by atoms with Gasteiger partial charge in [-0.15, -0.1) is 0 Å². The van der Waals surface area contributed by atoms with E-state index in [2.05, 4.69) is 12.1 Å². The molecule has 3 nitrogen and oxygen atoms in total. The van der Waals surface area contributed by atoms with Gasteiger partial charge in [-0.1, -0.05) is 66.2 Å². The number of hydrogen-bond donors (Lipinski definition) is 0. The number of allylic oxidation sites excluding steroid dienone is 1. The van der Waals surface area contributed by atoms with Crippen LogP contribution in [0.4, 0.5) is 0 Å². The average molecular weight is 453 g/mol. The van der Waals surface area contributed by atoms with Gasteiger partial charge in [0.2, 0.25) is 0 Å². The molecule has 0 heterocycles. The van der Waals surface area contributed by atoms with Crippen molar-refractivity contribution in [2.45, 2.75) is 5.92 Å². The zero-order valence-electron chi connectivity index (χ0n) is 18.0. The van der Waals surface area contributed by atoms with Crippen LogP contribution in [-0.2, 0) is 0 Å². The van der Waals surface area contributed by atoms with Crippen LogP contribution < -0.4 is 9.47 Å². The molecule has 4 aromatic carbocycles. The van der Waals surface area contributed by atoms with Crippen LogP contribution in [0.5, 0.6) is 17.2 Å². The second-order valence-electron chi connectivity index (χ2n) is 7.82. The van der Waals surface area contributed by atoms with E-state index in [1.807, 2.05) is 91.0 Å². The van der Waals surface area contributed by atoms with Crippen LogP contribution in [0.1, 0.15) is 33.0 Å². The van der Waals surface area contributed by atoms with Crippen LogP contribution in [0.25, 0.3) is 6.08 Å². The Kier molecular flexibility index (Phi) is 5.72. The minimum atomic E-state index is -0.177. The predicted molar refractivity (Wildman–Crippen MR) is 132 cm³/mol. The largest absolute Gasteiger partial charge is 0.497 e. The van der Waals surface area contributed by atoms with Crippen molar-refractivity contribution in [1.82, 2.24) is 0 Å². The number of halogens is 1. The first kappa shape index (κ1) is 21.0. The van der Waals surface area contributed by atoms with Crippen molar-refractivity contribution in [3.63, 3.8) is 0 Å². The number of carbonyl (C=O) groups is 1. The standard InChI is InChI=1S/C29H21ClO3/c1-32-22-14-16-23(17-15-22)33-26-9-5-8-24-27(20-6-3-2-4-7-20)25(29(31)28(24)26)18-19-10-12-21(30)13-11-19/h2-18,27H,1H3/b25-18-. The number of carbonyl (C=O) groups excluding carboxylic acids is 1. The first-order valence-electron chi connectivity index (χ1n) is 10.7. The summed E-state index contributed by atoms with van der Waals surface area (Å²) in [7, 11) is 1.62. The molecule has 0 saturated carbocycles. The van der Waals surface area contributed by atoms with Crippen molar-refractivity contribution in [2.75, 3.05) is 7.11 Å². The van der Waals surface area contributed by atoms with E-state index in [1.54, 1.807) is 7.11 Å². The van der Waals surface area contributed by atoms with Crippen LogP contribution in [0.15, 0.2) is 103 Å². The van der Waals surface area contributed by atoms with Gasteiger partial charge in [-0.25, -0.2) is 0 Å². The number of ether oxygens (including phenoxy) is 2. The van der Waals surface area contributed by atoms with Gasteiger partial charge in [0.05, 0.1) is 12.7 Å². The third-order valence-electron chi connectivity index (χ3n) is 5.78. The maximum atomic E-state index is 13.8. The smallest absolute Gasteiger partial charge is 0.194 e. The average Bonchev–Trinajstić information content (AvgIpc) is 3.13. The molecule has 0 radical (unpaired) electrons. The van der Waals surface area contributed by atoms with Crippen molar-refractivity contribution in [2.24, 2.45) is 0 Å². The highest BCUT2D eigenvalue weighted by molar-refractivity contribution is 6.30. The fraction of sp³-hybridized carbons (Fsp3) is 0.0690.